The van der Waals surface area contributed by atoms with Gasteiger partial charge in [-0.2, -0.15) is 5.10 Å². The molecule has 2 atom stereocenters. The highest BCUT2D eigenvalue weighted by Crippen LogP contribution is 2.12. The Hall–Kier alpha value is -2.21. The molecule has 6 nitrogen and oxygen atoms in total. The normalized spacial score (nSPS) is 13.9. The Bertz CT molecular complexity index is 679. The molecular formula is C14H17N3O3. The van der Waals surface area contributed by atoms with Crippen LogP contribution in [-0.2, 0) is 0 Å². The lowest BCUT2D eigenvalue weighted by molar-refractivity contribution is 0.0919. The third-order valence-electron chi connectivity index (χ3n) is 2.98. The summed E-state index contributed by atoms with van der Waals surface area (Å²) in [5, 5.41) is 19.1. The van der Waals surface area contributed by atoms with Gasteiger partial charge in [-0.1, -0.05) is 18.2 Å². The van der Waals surface area contributed by atoms with Crippen LogP contribution in [-0.4, -0.2) is 33.4 Å². The molecule has 2 unspecified atom stereocenters. The predicted molar refractivity (Wildman–Crippen MR) is 75.6 cm³/mol. The van der Waals surface area contributed by atoms with Crippen molar-refractivity contribution in [2.75, 3.05) is 0 Å². The molecular weight excluding hydrogens is 258 g/mol. The molecule has 0 aliphatic rings. The Kier molecular flexibility index (Phi) is 4.14. The van der Waals surface area contributed by atoms with Crippen molar-refractivity contribution in [1.82, 2.24) is 15.5 Å². The number of aliphatic hydroxyl groups is 1. The van der Waals surface area contributed by atoms with E-state index in [4.69, 9.17) is 0 Å². The van der Waals surface area contributed by atoms with E-state index in [1.807, 2.05) is 0 Å². The molecule has 2 aromatic rings. The van der Waals surface area contributed by atoms with Gasteiger partial charge in [-0.25, -0.2) is 5.10 Å². The summed E-state index contributed by atoms with van der Waals surface area (Å²) in [5.41, 5.74) is -0.146. The van der Waals surface area contributed by atoms with Gasteiger partial charge in [0.05, 0.1) is 11.5 Å². The van der Waals surface area contributed by atoms with Crippen LogP contribution >= 0.6 is 0 Å². The molecule has 20 heavy (non-hydrogen) atoms. The molecule has 0 spiro atoms. The minimum Gasteiger partial charge on any atom is -0.393 e. The average Bonchev–Trinajstić information content (AvgIpc) is 2.38. The Morgan fingerprint density at radius 1 is 1.35 bits per heavy atom. The second kappa shape index (κ2) is 5.83. The van der Waals surface area contributed by atoms with Gasteiger partial charge in [0.2, 0.25) is 0 Å². The van der Waals surface area contributed by atoms with Gasteiger partial charge in [-0.15, -0.1) is 0 Å². The van der Waals surface area contributed by atoms with Gasteiger partial charge in [0.15, 0.2) is 5.69 Å². The molecule has 106 valence electrons. The summed E-state index contributed by atoms with van der Waals surface area (Å²) in [5.74, 6) is -0.370. The first-order chi connectivity index (χ1) is 9.49. The van der Waals surface area contributed by atoms with Crippen LogP contribution in [0.25, 0.3) is 10.8 Å². The molecule has 2 rings (SSSR count). The molecule has 6 heteroatoms. The summed E-state index contributed by atoms with van der Waals surface area (Å²) in [7, 11) is 0. The van der Waals surface area contributed by atoms with Crippen molar-refractivity contribution in [3.63, 3.8) is 0 Å². The molecule has 0 aliphatic heterocycles. The Labute approximate surface area is 115 Å². The maximum atomic E-state index is 12.2. The molecule has 3 N–H and O–H groups in total. The fourth-order valence-electron chi connectivity index (χ4n) is 2.15. The van der Waals surface area contributed by atoms with Crippen LogP contribution in [0.5, 0.6) is 0 Å². The number of nitrogens with one attached hydrogen (secondary N) is 2. The number of H-pyrrole nitrogens is 1. The number of aliphatic hydroxyl groups excluding tert-OH is 1. The molecule has 0 bridgehead atoms. The number of amides is 1. The second-order valence-corrected chi connectivity index (χ2v) is 4.91. The summed E-state index contributed by atoms with van der Waals surface area (Å²) >= 11 is 0. The highest BCUT2D eigenvalue weighted by Gasteiger charge is 2.16. The number of carbonyl (C=O) groups is 1. The van der Waals surface area contributed by atoms with Crippen LogP contribution in [0.2, 0.25) is 0 Å². The first kappa shape index (κ1) is 14.2. The fraction of sp³-hybridized carbons (Fsp3) is 0.357. The third-order valence-corrected chi connectivity index (χ3v) is 2.98. The van der Waals surface area contributed by atoms with E-state index in [1.165, 1.54) is 0 Å². The van der Waals surface area contributed by atoms with Gasteiger partial charge in [0, 0.05) is 11.4 Å². The average molecular weight is 275 g/mol. The number of benzene rings is 1. The van der Waals surface area contributed by atoms with Crippen molar-refractivity contribution in [3.8, 4) is 0 Å². The standard InChI is InChI=1S/C14H17N3O3/c1-8(7-9(2)18)15-14(20)12-10-5-3-4-6-11(10)13(19)17-16-12/h3-6,8-9,18H,7H2,1-2H3,(H,15,20)(H,17,19). The molecule has 1 amide bonds. The maximum absolute atomic E-state index is 12.2. The Morgan fingerprint density at radius 2 is 2.00 bits per heavy atom. The lowest BCUT2D eigenvalue weighted by atomic mass is 10.1. The van der Waals surface area contributed by atoms with Crippen molar-refractivity contribution < 1.29 is 9.90 Å². The number of nitrogens with zero attached hydrogens (tertiary/aromatic N) is 1. The molecule has 1 aromatic heterocycles. The van der Waals surface area contributed by atoms with E-state index >= 15 is 0 Å². The second-order valence-electron chi connectivity index (χ2n) is 4.91. The van der Waals surface area contributed by atoms with Crippen LogP contribution in [0.3, 0.4) is 0 Å². The monoisotopic (exact) mass is 275 g/mol. The Balaban J connectivity index is 2.31. The minimum atomic E-state index is -0.495. The lowest BCUT2D eigenvalue weighted by Gasteiger charge is -2.15. The molecule has 0 saturated carbocycles. The number of rotatable bonds is 4. The van der Waals surface area contributed by atoms with Crippen LogP contribution in [0.15, 0.2) is 29.1 Å². The highest BCUT2D eigenvalue weighted by atomic mass is 16.3. The van der Waals surface area contributed by atoms with Crippen molar-refractivity contribution in [1.29, 1.82) is 0 Å². The third kappa shape index (κ3) is 3.03. The van der Waals surface area contributed by atoms with Gasteiger partial charge in [0.25, 0.3) is 11.5 Å². The van der Waals surface area contributed by atoms with Gasteiger partial charge in [-0.05, 0) is 26.3 Å². The predicted octanol–water partition coefficient (Wildman–Crippen LogP) is 0.812. The first-order valence-corrected chi connectivity index (χ1v) is 6.45. The highest BCUT2D eigenvalue weighted by molar-refractivity contribution is 6.04. The van der Waals surface area contributed by atoms with E-state index in [0.29, 0.717) is 17.2 Å². The van der Waals surface area contributed by atoms with Crippen molar-refractivity contribution in [3.05, 3.63) is 40.3 Å². The van der Waals surface area contributed by atoms with E-state index in [1.54, 1.807) is 38.1 Å². The minimum absolute atomic E-state index is 0.178. The molecule has 1 aromatic carbocycles. The van der Waals surface area contributed by atoms with Gasteiger partial charge < -0.3 is 10.4 Å². The van der Waals surface area contributed by atoms with Crippen LogP contribution < -0.4 is 10.9 Å². The van der Waals surface area contributed by atoms with Crippen LogP contribution in [0.4, 0.5) is 0 Å². The molecule has 0 fully saturated rings. The Morgan fingerprint density at radius 3 is 2.65 bits per heavy atom. The molecule has 0 saturated heterocycles. The van der Waals surface area contributed by atoms with E-state index < -0.39 is 6.10 Å². The summed E-state index contributed by atoms with van der Waals surface area (Å²) in [6, 6.07) is 6.63. The molecule has 0 aliphatic carbocycles. The smallest absolute Gasteiger partial charge is 0.272 e. The van der Waals surface area contributed by atoms with Crippen molar-refractivity contribution in [2.24, 2.45) is 0 Å². The number of hydrogen-bond donors (Lipinski definition) is 3. The first-order valence-electron chi connectivity index (χ1n) is 6.45. The number of hydrogen-bond acceptors (Lipinski definition) is 4. The SMILES string of the molecule is CC(O)CC(C)NC(=O)c1n[nH]c(=O)c2ccccc12. The summed E-state index contributed by atoms with van der Waals surface area (Å²) in [4.78, 5) is 23.8. The number of aromatic amines is 1. The van der Waals surface area contributed by atoms with Gasteiger partial charge in [0.1, 0.15) is 0 Å². The topological polar surface area (TPSA) is 95.1 Å². The lowest BCUT2D eigenvalue weighted by Crippen LogP contribution is -2.35. The number of fused-ring (bicyclic) bond motifs is 1. The summed E-state index contributed by atoms with van der Waals surface area (Å²) in [6.45, 7) is 3.47. The fourth-order valence-corrected chi connectivity index (χ4v) is 2.15. The summed E-state index contributed by atoms with van der Waals surface area (Å²) < 4.78 is 0. The quantitative estimate of drug-likeness (QED) is 0.769. The van der Waals surface area contributed by atoms with E-state index in [2.05, 4.69) is 15.5 Å². The van der Waals surface area contributed by atoms with Crippen LogP contribution in [0.1, 0.15) is 30.8 Å². The van der Waals surface area contributed by atoms with Gasteiger partial charge >= 0.3 is 0 Å². The van der Waals surface area contributed by atoms with Crippen molar-refractivity contribution in [2.45, 2.75) is 32.4 Å². The van der Waals surface area contributed by atoms with Crippen LogP contribution in [0, 0.1) is 0 Å². The largest absolute Gasteiger partial charge is 0.393 e. The zero-order chi connectivity index (χ0) is 14.7. The number of carbonyl (C=O) groups excluding carboxylic acids is 1. The van der Waals surface area contributed by atoms with E-state index in [-0.39, 0.29) is 23.2 Å². The summed E-state index contributed by atoms with van der Waals surface area (Å²) in [6.07, 6.45) is -0.0434. The van der Waals surface area contributed by atoms with Crippen molar-refractivity contribution >= 4 is 16.7 Å². The van der Waals surface area contributed by atoms with E-state index in [0.717, 1.165) is 0 Å². The van der Waals surface area contributed by atoms with Gasteiger partial charge in [-0.3, -0.25) is 9.59 Å². The number of aromatic nitrogens is 2. The molecule has 1 heterocycles. The maximum Gasteiger partial charge on any atom is 0.272 e. The van der Waals surface area contributed by atoms with E-state index in [9.17, 15) is 14.7 Å². The zero-order valence-corrected chi connectivity index (χ0v) is 11.4. The molecule has 0 radical (unpaired) electrons. The zero-order valence-electron chi connectivity index (χ0n) is 11.4.